The van der Waals surface area contributed by atoms with E-state index in [2.05, 4.69) is 80.4 Å². The number of carbonyl (C=O) groups excluding carboxylic acids is 2. The van der Waals surface area contributed by atoms with Gasteiger partial charge in [0.05, 0.1) is 17.8 Å². The Morgan fingerprint density at radius 2 is 1.04 bits per heavy atom. The summed E-state index contributed by atoms with van der Waals surface area (Å²) in [5.74, 6) is -0.0268. The normalized spacial score (nSPS) is 9.92. The molecule has 17 heteroatoms. The molecule has 8 N–H and O–H groups in total. The number of hydrogen-bond donors (Lipinski definition) is 3. The first kappa shape index (κ1) is 51.2. The Kier molecular flexibility index (Phi) is 25.3. The predicted molar refractivity (Wildman–Crippen MR) is 232 cm³/mol. The Labute approximate surface area is 361 Å². The second-order valence-electron chi connectivity index (χ2n) is 11.6. The van der Waals surface area contributed by atoms with Gasteiger partial charge in [-0.05, 0) is 116 Å². The maximum atomic E-state index is 12.1. The molecule has 0 heterocycles. The Morgan fingerprint density at radius 3 is 1.38 bits per heavy atom. The molecule has 53 heavy (non-hydrogen) atoms. The number of halogens is 6. The molecule has 0 saturated carbocycles. The van der Waals surface area contributed by atoms with Gasteiger partial charge in [0.2, 0.25) is 11.8 Å². The summed E-state index contributed by atoms with van der Waals surface area (Å²) in [6.07, 6.45) is 2.11. The van der Waals surface area contributed by atoms with Crippen molar-refractivity contribution in [2.24, 2.45) is 0 Å². The molecule has 2 amide bonds. The summed E-state index contributed by atoms with van der Waals surface area (Å²) in [6, 6.07) is 18.9. The standard InChI is InChI=1S/C18H18Br2N2O3.C18H20Br2N2O.2ClH.2H2O.Sn/c1-11-7-13(3-4-17(11)22(24)25)5-6-21-18(23)10-14-8-15(19)12(2)16(20)9-14;1-11-7-13(3-4-17(11)21)5-6-22-18(23)10-14-8-15(19)12(2)16(20)9-14;;;;;/h3-4,7-9H,5-6,10H2,1-2H3,(H,21,23);3-4,7-9H,5-6,10,21H2,1-2H3,(H,22,23);2*1H;2*1H2;/q;;;;;;+2/p-2. The molecule has 4 aromatic rings. The van der Waals surface area contributed by atoms with Crippen molar-refractivity contribution in [2.75, 3.05) is 18.8 Å². The van der Waals surface area contributed by atoms with Gasteiger partial charge in [-0.25, -0.2) is 0 Å². The monoisotopic (exact) mass is 1130 g/mol. The van der Waals surface area contributed by atoms with E-state index >= 15 is 0 Å². The molecule has 0 fully saturated rings. The summed E-state index contributed by atoms with van der Waals surface area (Å²) in [7, 11) is 9.87. The number of nitrogen functional groups attached to an aromatic ring is 1. The molecule has 0 bridgehead atoms. The number of nitrogens with one attached hydrogen (secondary N) is 2. The zero-order valence-corrected chi connectivity index (χ0v) is 40.2. The molecule has 0 aliphatic rings. The van der Waals surface area contributed by atoms with Crippen LogP contribution in [0.1, 0.15) is 44.5 Å². The van der Waals surface area contributed by atoms with Crippen molar-refractivity contribution in [3.05, 3.63) is 133 Å². The molecule has 0 saturated heterocycles. The number of anilines is 1. The fraction of sp³-hybridized carbons (Fsp3) is 0.278. The van der Waals surface area contributed by atoms with E-state index in [1.54, 1.807) is 19.1 Å². The second-order valence-corrected chi connectivity index (χ2v) is 19.2. The predicted octanol–water partition coefficient (Wildman–Crippen LogP) is 8.30. The van der Waals surface area contributed by atoms with Crippen molar-refractivity contribution in [3.8, 4) is 0 Å². The fourth-order valence-corrected chi connectivity index (χ4v) is 7.32. The quantitative estimate of drug-likeness (QED) is 0.0589. The summed E-state index contributed by atoms with van der Waals surface area (Å²) in [5, 5.41) is 16.7. The van der Waals surface area contributed by atoms with E-state index in [1.165, 1.54) is 11.6 Å². The van der Waals surface area contributed by atoms with Gasteiger partial charge in [0.15, 0.2) is 0 Å². The van der Waals surface area contributed by atoms with Crippen LogP contribution in [0.3, 0.4) is 0 Å². The van der Waals surface area contributed by atoms with Crippen molar-refractivity contribution in [3.63, 3.8) is 0 Å². The van der Waals surface area contributed by atoms with Gasteiger partial charge < -0.3 is 27.3 Å². The molecule has 10 nitrogen and oxygen atoms in total. The molecule has 0 aliphatic carbocycles. The van der Waals surface area contributed by atoms with Gasteiger partial charge in [0, 0.05) is 48.3 Å². The molecule has 288 valence electrons. The van der Waals surface area contributed by atoms with Gasteiger partial charge in [-0.15, -0.1) is 0 Å². The van der Waals surface area contributed by atoms with Crippen molar-refractivity contribution in [1.82, 2.24) is 10.6 Å². The number of rotatable bonds is 11. The van der Waals surface area contributed by atoms with Crippen LogP contribution in [0.5, 0.6) is 0 Å². The minimum absolute atomic E-state index is 0. The van der Waals surface area contributed by atoms with Crippen LogP contribution >= 0.6 is 81.6 Å². The molecule has 0 aromatic heterocycles. The Bertz CT molecular complexity index is 1810. The third-order valence-electron chi connectivity index (χ3n) is 7.67. The Hall–Kier alpha value is -1.76. The number of nitrogens with two attached hydrogens (primary N) is 1. The first-order valence-electron chi connectivity index (χ1n) is 15.5. The van der Waals surface area contributed by atoms with Crippen LogP contribution in [0.4, 0.5) is 11.4 Å². The van der Waals surface area contributed by atoms with Crippen LogP contribution in [0.15, 0.2) is 78.6 Å². The number of aryl methyl sites for hydroxylation is 2. The number of amides is 2. The number of nitrogens with zero attached hydrogens (tertiary/aromatic N) is 1. The summed E-state index contributed by atoms with van der Waals surface area (Å²) in [6.45, 7) is 8.83. The van der Waals surface area contributed by atoms with Crippen molar-refractivity contribution >= 4 is 124 Å². The van der Waals surface area contributed by atoms with Crippen LogP contribution in [0.25, 0.3) is 0 Å². The topological polar surface area (TPSA) is 190 Å². The van der Waals surface area contributed by atoms with Crippen molar-refractivity contribution in [1.29, 1.82) is 0 Å². The second kappa shape index (κ2) is 26.2. The Morgan fingerprint density at radius 1 is 0.679 bits per heavy atom. The third-order valence-corrected chi connectivity index (χ3v) is 11.0. The molecule has 0 atom stereocenters. The number of nitro groups is 1. The van der Waals surface area contributed by atoms with Gasteiger partial charge in [-0.2, -0.15) is 0 Å². The van der Waals surface area contributed by atoms with E-state index in [-0.39, 0.29) is 28.5 Å². The van der Waals surface area contributed by atoms with Gasteiger partial charge >= 0.3 is 36.7 Å². The van der Waals surface area contributed by atoms with E-state index in [0.717, 1.165) is 63.4 Å². The molecular weight excluding hydrogens is 1090 g/mol. The van der Waals surface area contributed by atoms with Crippen molar-refractivity contribution < 1.29 is 25.5 Å². The van der Waals surface area contributed by atoms with Gasteiger partial charge in [-0.3, -0.25) is 19.7 Å². The van der Waals surface area contributed by atoms with Gasteiger partial charge in [0.25, 0.3) is 5.69 Å². The number of nitro benzene ring substituents is 1. The summed E-state index contributed by atoms with van der Waals surface area (Å²) >= 11 is 13.2. The van der Waals surface area contributed by atoms with Gasteiger partial charge in [0.1, 0.15) is 0 Å². The van der Waals surface area contributed by atoms with E-state index < -0.39 is 23.8 Å². The average molecular weight is 1140 g/mol. The van der Waals surface area contributed by atoms with E-state index in [9.17, 15) is 19.7 Å². The number of hydrogen-bond acceptors (Lipinski definition) is 5. The summed E-state index contributed by atoms with van der Waals surface area (Å²) in [5.41, 5.74) is 14.7. The molecule has 4 rings (SSSR count). The van der Waals surface area contributed by atoms with E-state index in [0.29, 0.717) is 37.9 Å². The fourth-order valence-electron chi connectivity index (χ4n) is 4.76. The molecule has 0 spiro atoms. The first-order valence-corrected chi connectivity index (χ1v) is 25.9. The maximum absolute atomic E-state index is 12.1. The zero-order chi connectivity index (χ0) is 38.2. The van der Waals surface area contributed by atoms with Crippen LogP contribution in [0.2, 0.25) is 0 Å². The number of benzene rings is 4. The van der Waals surface area contributed by atoms with E-state index in [4.69, 9.17) is 23.6 Å². The van der Waals surface area contributed by atoms with Gasteiger partial charge in [-0.1, -0.05) is 81.9 Å². The molecular formula is C36H42Br4Cl2N4O6Sn. The molecule has 2 radical (unpaired) electrons. The average Bonchev–Trinajstić information content (AvgIpc) is 3.04. The third kappa shape index (κ3) is 18.2. The number of carbonyl (C=O) groups is 2. The van der Waals surface area contributed by atoms with Crippen LogP contribution in [-0.4, -0.2) is 59.7 Å². The van der Waals surface area contributed by atoms with Crippen LogP contribution in [-0.2, 0) is 35.3 Å². The summed E-state index contributed by atoms with van der Waals surface area (Å²) < 4.78 is 3.94. The minimum atomic E-state index is -0.826. The molecule has 0 aliphatic heterocycles. The molecule has 0 unspecified atom stereocenters. The zero-order valence-electron chi connectivity index (χ0n) is 29.4. The first-order chi connectivity index (χ1) is 24.1. The van der Waals surface area contributed by atoms with Crippen LogP contribution in [0, 0.1) is 37.8 Å². The summed E-state index contributed by atoms with van der Waals surface area (Å²) in [4.78, 5) is 34.6. The van der Waals surface area contributed by atoms with Crippen LogP contribution < -0.4 is 16.4 Å². The SMILES string of the molecule is Cc1cc(CCNC(=O)Cc2cc(Br)c(C)c(Br)c2)ccc1N.Cc1cc(CCNC(=O)Cc2cc(Br)c(C)c(Br)c2)ccc1[N+](=O)[O-].O.O.[Cl][Sn][Cl]. The van der Waals surface area contributed by atoms with E-state index in [1.807, 2.05) is 57.2 Å². The Balaban J connectivity index is 0.000000920. The van der Waals surface area contributed by atoms with Crippen molar-refractivity contribution in [2.45, 2.75) is 53.4 Å². The molecule has 4 aromatic carbocycles.